The maximum atomic E-state index is 12.4. The van der Waals surface area contributed by atoms with Gasteiger partial charge in [-0.05, 0) is 32.1 Å². The first-order chi connectivity index (χ1) is 8.18. The van der Waals surface area contributed by atoms with E-state index in [-0.39, 0.29) is 12.0 Å². The van der Waals surface area contributed by atoms with E-state index in [0.717, 1.165) is 19.3 Å². The number of carbonyl (C=O) groups is 1. The molecule has 17 heavy (non-hydrogen) atoms. The monoisotopic (exact) mass is 238 g/mol. The van der Waals surface area contributed by atoms with Crippen molar-refractivity contribution in [3.05, 3.63) is 0 Å². The molecule has 0 bridgehead atoms. The fourth-order valence-electron chi connectivity index (χ4n) is 3.35. The summed E-state index contributed by atoms with van der Waals surface area (Å²) in [5.74, 6) is 0.558. The van der Waals surface area contributed by atoms with Gasteiger partial charge in [0, 0.05) is 25.0 Å². The smallest absolute Gasteiger partial charge is 0.225 e. The topological polar surface area (TPSA) is 46.3 Å². The molecule has 0 aromatic carbocycles. The first-order valence-electron chi connectivity index (χ1n) is 7.20. The third-order valence-electron chi connectivity index (χ3n) is 4.54. The van der Waals surface area contributed by atoms with Gasteiger partial charge in [0.1, 0.15) is 0 Å². The van der Waals surface area contributed by atoms with Crippen LogP contribution < -0.4 is 5.73 Å². The summed E-state index contributed by atoms with van der Waals surface area (Å²) in [6.07, 6.45) is 10.6. The van der Waals surface area contributed by atoms with Crippen LogP contribution >= 0.6 is 0 Å². The Balaban J connectivity index is 1.89. The maximum Gasteiger partial charge on any atom is 0.225 e. The van der Waals surface area contributed by atoms with Gasteiger partial charge >= 0.3 is 0 Å². The number of nitrogens with two attached hydrogens (primary N) is 1. The van der Waals surface area contributed by atoms with E-state index in [1.165, 1.54) is 38.5 Å². The molecule has 1 amide bonds. The van der Waals surface area contributed by atoms with Crippen molar-refractivity contribution in [2.24, 2.45) is 11.7 Å². The minimum atomic E-state index is 0.207. The number of carbonyl (C=O) groups excluding carboxylic acids is 1. The molecule has 98 valence electrons. The van der Waals surface area contributed by atoms with Crippen LogP contribution in [0, 0.1) is 5.92 Å². The second-order valence-electron chi connectivity index (χ2n) is 5.86. The molecule has 2 fully saturated rings. The Labute approximate surface area is 105 Å². The lowest BCUT2D eigenvalue weighted by Crippen LogP contribution is -2.40. The quantitative estimate of drug-likeness (QED) is 0.750. The molecule has 2 saturated carbocycles. The number of nitrogens with zero attached hydrogens (tertiary/aromatic N) is 1. The lowest BCUT2D eigenvalue weighted by Gasteiger charge is -2.29. The van der Waals surface area contributed by atoms with Crippen molar-refractivity contribution in [3.63, 3.8) is 0 Å². The van der Waals surface area contributed by atoms with E-state index in [1.54, 1.807) is 0 Å². The Bertz CT molecular complexity index is 259. The van der Waals surface area contributed by atoms with Crippen molar-refractivity contribution >= 4 is 5.91 Å². The van der Waals surface area contributed by atoms with Crippen LogP contribution in [0.15, 0.2) is 0 Å². The minimum absolute atomic E-state index is 0.207. The Hall–Kier alpha value is -0.570. The molecule has 3 heteroatoms. The van der Waals surface area contributed by atoms with Gasteiger partial charge in [-0.3, -0.25) is 4.79 Å². The highest BCUT2D eigenvalue weighted by Gasteiger charge is 2.32. The van der Waals surface area contributed by atoms with E-state index in [9.17, 15) is 4.79 Å². The van der Waals surface area contributed by atoms with E-state index in [4.69, 9.17) is 5.73 Å². The fraction of sp³-hybridized carbons (Fsp3) is 0.929. The number of hydrogen-bond donors (Lipinski definition) is 1. The Morgan fingerprint density at radius 2 is 1.71 bits per heavy atom. The highest BCUT2D eigenvalue weighted by atomic mass is 16.2. The lowest BCUT2D eigenvalue weighted by atomic mass is 10.0. The van der Waals surface area contributed by atoms with Crippen LogP contribution in [0.5, 0.6) is 0 Å². The van der Waals surface area contributed by atoms with Crippen LogP contribution in [0.4, 0.5) is 0 Å². The van der Waals surface area contributed by atoms with Crippen LogP contribution in [0.1, 0.15) is 57.8 Å². The normalized spacial score (nSPS) is 31.2. The van der Waals surface area contributed by atoms with Gasteiger partial charge in [-0.15, -0.1) is 0 Å². The van der Waals surface area contributed by atoms with Gasteiger partial charge in [0.25, 0.3) is 0 Å². The molecule has 2 aliphatic rings. The predicted molar refractivity (Wildman–Crippen MR) is 69.6 cm³/mol. The van der Waals surface area contributed by atoms with E-state index in [1.807, 2.05) is 11.9 Å². The van der Waals surface area contributed by atoms with E-state index in [2.05, 4.69) is 0 Å². The van der Waals surface area contributed by atoms with E-state index < -0.39 is 0 Å². The van der Waals surface area contributed by atoms with Crippen molar-refractivity contribution in [2.45, 2.75) is 69.9 Å². The molecule has 2 atom stereocenters. The predicted octanol–water partition coefficient (Wildman–Crippen LogP) is 2.29. The van der Waals surface area contributed by atoms with Gasteiger partial charge in [-0.1, -0.05) is 25.7 Å². The van der Waals surface area contributed by atoms with Crippen molar-refractivity contribution in [3.8, 4) is 0 Å². The number of hydrogen-bond acceptors (Lipinski definition) is 2. The Morgan fingerprint density at radius 3 is 2.24 bits per heavy atom. The van der Waals surface area contributed by atoms with Gasteiger partial charge in [-0.25, -0.2) is 0 Å². The van der Waals surface area contributed by atoms with Gasteiger partial charge in [0.2, 0.25) is 5.91 Å². The molecule has 0 aromatic rings. The van der Waals surface area contributed by atoms with Crippen molar-refractivity contribution in [2.75, 3.05) is 7.05 Å². The van der Waals surface area contributed by atoms with Crippen LogP contribution in [0.3, 0.4) is 0 Å². The SMILES string of the molecule is CN(C(=O)C1CCC(N)C1)C1CCCCCC1. The van der Waals surface area contributed by atoms with Crippen LogP contribution in [0.25, 0.3) is 0 Å². The zero-order chi connectivity index (χ0) is 12.3. The van der Waals surface area contributed by atoms with Gasteiger partial charge in [0.15, 0.2) is 0 Å². The van der Waals surface area contributed by atoms with Crippen LogP contribution in [-0.4, -0.2) is 29.9 Å². The Kier molecular flexibility index (Phi) is 4.43. The minimum Gasteiger partial charge on any atom is -0.343 e. The second-order valence-corrected chi connectivity index (χ2v) is 5.86. The summed E-state index contributed by atoms with van der Waals surface area (Å²) in [6, 6.07) is 0.744. The molecule has 0 heterocycles. The summed E-state index contributed by atoms with van der Waals surface area (Å²) in [5.41, 5.74) is 5.90. The molecular formula is C14H26N2O. The summed E-state index contributed by atoms with van der Waals surface area (Å²) >= 11 is 0. The summed E-state index contributed by atoms with van der Waals surface area (Å²) in [5, 5.41) is 0. The lowest BCUT2D eigenvalue weighted by molar-refractivity contribution is -0.136. The summed E-state index contributed by atoms with van der Waals surface area (Å²) in [6.45, 7) is 0. The average molecular weight is 238 g/mol. The molecule has 0 spiro atoms. The molecule has 2 aliphatic carbocycles. The molecule has 0 aromatic heterocycles. The highest BCUT2D eigenvalue weighted by Crippen LogP contribution is 2.28. The molecule has 2 N–H and O–H groups in total. The number of amides is 1. The van der Waals surface area contributed by atoms with Crippen molar-refractivity contribution in [1.29, 1.82) is 0 Å². The van der Waals surface area contributed by atoms with Gasteiger partial charge in [-0.2, -0.15) is 0 Å². The molecule has 0 radical (unpaired) electrons. The molecule has 0 saturated heterocycles. The third kappa shape index (κ3) is 3.21. The maximum absolute atomic E-state index is 12.4. The zero-order valence-electron chi connectivity index (χ0n) is 11.0. The summed E-state index contributed by atoms with van der Waals surface area (Å²) in [7, 11) is 2.00. The molecule has 3 nitrogen and oxygen atoms in total. The molecular weight excluding hydrogens is 212 g/mol. The summed E-state index contributed by atoms with van der Waals surface area (Å²) < 4.78 is 0. The van der Waals surface area contributed by atoms with Gasteiger partial charge in [0.05, 0.1) is 0 Å². The van der Waals surface area contributed by atoms with E-state index in [0.29, 0.717) is 11.9 Å². The Morgan fingerprint density at radius 1 is 1.06 bits per heavy atom. The standard InChI is InChI=1S/C14H26N2O/c1-16(13-6-4-2-3-5-7-13)14(17)11-8-9-12(15)10-11/h11-13H,2-10,15H2,1H3. The third-order valence-corrected chi connectivity index (χ3v) is 4.54. The van der Waals surface area contributed by atoms with Crippen LogP contribution in [-0.2, 0) is 4.79 Å². The molecule has 2 rings (SSSR count). The number of rotatable bonds is 2. The van der Waals surface area contributed by atoms with E-state index >= 15 is 0 Å². The van der Waals surface area contributed by atoms with Crippen molar-refractivity contribution < 1.29 is 4.79 Å². The zero-order valence-corrected chi connectivity index (χ0v) is 11.0. The average Bonchev–Trinajstić information content (AvgIpc) is 2.60. The molecule has 2 unspecified atom stereocenters. The largest absolute Gasteiger partial charge is 0.343 e. The molecule has 0 aliphatic heterocycles. The van der Waals surface area contributed by atoms with Crippen molar-refractivity contribution in [1.82, 2.24) is 4.90 Å². The second kappa shape index (κ2) is 5.85. The van der Waals surface area contributed by atoms with Crippen LogP contribution in [0.2, 0.25) is 0 Å². The fourth-order valence-corrected chi connectivity index (χ4v) is 3.35. The first-order valence-corrected chi connectivity index (χ1v) is 7.20. The first kappa shape index (κ1) is 12.9. The van der Waals surface area contributed by atoms with Gasteiger partial charge < -0.3 is 10.6 Å². The summed E-state index contributed by atoms with van der Waals surface area (Å²) in [4.78, 5) is 14.4. The highest BCUT2D eigenvalue weighted by molar-refractivity contribution is 5.79.